The van der Waals surface area contributed by atoms with Crippen LogP contribution in [0, 0.1) is 0 Å². The number of carbonyl (C=O) groups excluding carboxylic acids is 5. The fourth-order valence-corrected chi connectivity index (χ4v) is 4.72. The lowest BCUT2D eigenvalue weighted by molar-refractivity contribution is -0.163. The first-order valence-corrected chi connectivity index (χ1v) is 13.2. The van der Waals surface area contributed by atoms with Gasteiger partial charge in [0, 0.05) is 5.38 Å². The number of fused-ring (bicyclic) bond motifs is 1. The Morgan fingerprint density at radius 3 is 2.27 bits per heavy atom. The van der Waals surface area contributed by atoms with Gasteiger partial charge in [-0.2, -0.15) is 0 Å². The summed E-state index contributed by atoms with van der Waals surface area (Å²) >= 11 is 1.03. The summed E-state index contributed by atoms with van der Waals surface area (Å²) in [6.45, 7) is 10.1. The Morgan fingerprint density at radius 1 is 1.05 bits per heavy atom. The number of aromatic nitrogens is 1. The molecule has 1 aromatic heterocycles. The Balaban J connectivity index is 1.78. The quantitative estimate of drug-likeness (QED) is 0.160. The summed E-state index contributed by atoms with van der Waals surface area (Å²) in [6.07, 6.45) is -0.307. The van der Waals surface area contributed by atoms with Crippen molar-refractivity contribution < 1.29 is 43.0 Å². The highest BCUT2D eigenvalue weighted by atomic mass is 32.1. The highest BCUT2D eigenvalue weighted by molar-refractivity contribution is 7.14. The predicted molar refractivity (Wildman–Crippen MR) is 142 cm³/mol. The Morgan fingerprint density at radius 2 is 1.70 bits per heavy atom. The average molecular weight is 580 g/mol. The molecule has 0 aliphatic carbocycles. The molecule has 15 heteroatoms. The Hall–Kier alpha value is -4.01. The normalized spacial score (nSPS) is 19.2. The van der Waals surface area contributed by atoms with Crippen LogP contribution >= 0.6 is 11.3 Å². The number of nitrogens with one attached hydrogen (secondary N) is 2. The molecular formula is C25H33N5O9S. The summed E-state index contributed by atoms with van der Waals surface area (Å²) in [6, 6.07) is -1.62. The molecule has 0 aromatic carbocycles. The van der Waals surface area contributed by atoms with Crippen molar-refractivity contribution in [3.8, 4) is 0 Å². The molecule has 3 rings (SSSR count). The molecule has 2 N–H and O–H groups in total. The third-order valence-corrected chi connectivity index (χ3v) is 6.26. The van der Waals surface area contributed by atoms with Gasteiger partial charge in [-0.3, -0.25) is 19.8 Å². The molecule has 2 aliphatic rings. The fourth-order valence-electron chi connectivity index (χ4n) is 4.04. The predicted octanol–water partition coefficient (Wildman–Crippen LogP) is 2.10. The molecule has 0 bridgehead atoms. The van der Waals surface area contributed by atoms with Gasteiger partial charge in [0.2, 0.25) is 0 Å². The Labute approximate surface area is 235 Å². The smallest absolute Gasteiger partial charge is 0.413 e. The number of esters is 2. The SMILES string of the molecule is CON=C(C(=O)N[C@@H]1C(=O)N2C(C(=O)OC(C)(C)C)=C(C(=O)OC)CC[C@@H]12)c1csc(NC(=O)OC(C)(C)C)n1. The van der Waals surface area contributed by atoms with Gasteiger partial charge < -0.3 is 24.4 Å². The summed E-state index contributed by atoms with van der Waals surface area (Å²) in [5, 5.41) is 10.5. The summed E-state index contributed by atoms with van der Waals surface area (Å²) in [7, 11) is 2.42. The second-order valence-corrected chi connectivity index (χ2v) is 11.7. The van der Waals surface area contributed by atoms with Crippen LogP contribution in [0.2, 0.25) is 0 Å². The Bertz CT molecular complexity index is 1270. The zero-order valence-corrected chi connectivity index (χ0v) is 24.4. The lowest BCUT2D eigenvalue weighted by atomic mass is 9.83. The molecular weight excluding hydrogens is 546 g/mol. The van der Waals surface area contributed by atoms with Crippen molar-refractivity contribution in [1.82, 2.24) is 15.2 Å². The van der Waals surface area contributed by atoms with E-state index in [1.165, 1.54) is 19.6 Å². The number of oxime groups is 1. The lowest BCUT2D eigenvalue weighted by Gasteiger charge is -2.50. The summed E-state index contributed by atoms with van der Waals surface area (Å²) in [5.74, 6) is -2.96. The van der Waals surface area contributed by atoms with E-state index in [4.69, 9.17) is 19.0 Å². The minimum atomic E-state index is -1.01. The molecule has 2 atom stereocenters. The zero-order valence-electron chi connectivity index (χ0n) is 23.6. The highest BCUT2D eigenvalue weighted by Gasteiger charge is 2.55. The molecule has 218 valence electrons. The third kappa shape index (κ3) is 6.94. The van der Waals surface area contributed by atoms with E-state index in [2.05, 4.69) is 20.8 Å². The fraction of sp³-hybridized carbons (Fsp3) is 0.560. The van der Waals surface area contributed by atoms with Crippen molar-refractivity contribution in [1.29, 1.82) is 0 Å². The number of nitrogens with zero attached hydrogens (tertiary/aromatic N) is 3. The molecule has 0 unspecified atom stereocenters. The first-order valence-electron chi connectivity index (χ1n) is 12.3. The van der Waals surface area contributed by atoms with E-state index in [1.807, 2.05) is 0 Å². The van der Waals surface area contributed by atoms with Gasteiger partial charge in [0.05, 0.1) is 18.7 Å². The van der Waals surface area contributed by atoms with Gasteiger partial charge in [-0.15, -0.1) is 11.3 Å². The topological polar surface area (TPSA) is 175 Å². The molecule has 0 saturated carbocycles. The van der Waals surface area contributed by atoms with E-state index in [1.54, 1.807) is 41.5 Å². The second kappa shape index (κ2) is 11.6. The van der Waals surface area contributed by atoms with Gasteiger partial charge in [-0.25, -0.2) is 19.4 Å². The van der Waals surface area contributed by atoms with Crippen molar-refractivity contribution >= 4 is 52.0 Å². The molecule has 1 aromatic rings. The number of carbonyl (C=O) groups is 5. The monoisotopic (exact) mass is 579 g/mol. The molecule has 1 fully saturated rings. The first kappa shape index (κ1) is 30.5. The van der Waals surface area contributed by atoms with Gasteiger partial charge in [-0.05, 0) is 54.4 Å². The van der Waals surface area contributed by atoms with Crippen molar-refractivity contribution in [2.45, 2.75) is 77.7 Å². The molecule has 2 aliphatic heterocycles. The number of amides is 3. The number of thiazole rings is 1. The minimum absolute atomic E-state index is 0.0280. The molecule has 3 heterocycles. The molecule has 3 amide bonds. The Kier molecular flexibility index (Phi) is 8.87. The third-order valence-electron chi connectivity index (χ3n) is 5.50. The maximum absolute atomic E-state index is 13.2. The van der Waals surface area contributed by atoms with E-state index in [9.17, 15) is 24.0 Å². The standard InChI is InChI=1S/C25H33N5O9S/c1-24(2,3)38-21(34)17-12(20(33)36-7)9-10-14-16(19(32)30(14)17)27-18(31)15(29-37-8)13-11-40-22(26-13)28-23(35)39-25(4,5)6/h11,14,16H,9-10H2,1-8H3,(H,27,31)(H,26,28,35)/t14-,16-/m0/s1. The maximum atomic E-state index is 13.2. The zero-order chi connectivity index (χ0) is 30.0. The van der Waals surface area contributed by atoms with Crippen molar-refractivity contribution in [2.24, 2.45) is 5.16 Å². The first-order chi connectivity index (χ1) is 18.6. The van der Waals surface area contributed by atoms with Crippen LogP contribution in [-0.2, 0) is 38.2 Å². The average Bonchev–Trinajstić information content (AvgIpc) is 3.29. The van der Waals surface area contributed by atoms with Crippen molar-refractivity contribution in [3.63, 3.8) is 0 Å². The number of methoxy groups -OCH3 is 1. The van der Waals surface area contributed by atoms with Crippen molar-refractivity contribution in [3.05, 3.63) is 22.3 Å². The van der Waals surface area contributed by atoms with Crippen LogP contribution in [0.25, 0.3) is 0 Å². The van der Waals surface area contributed by atoms with E-state index in [0.29, 0.717) is 0 Å². The number of ether oxygens (including phenoxy) is 3. The molecule has 0 radical (unpaired) electrons. The highest BCUT2D eigenvalue weighted by Crippen LogP contribution is 2.38. The van der Waals surface area contributed by atoms with Crippen LogP contribution < -0.4 is 10.6 Å². The number of hydrogen-bond donors (Lipinski definition) is 2. The van der Waals surface area contributed by atoms with Crippen LogP contribution in [-0.4, -0.2) is 82.9 Å². The van der Waals surface area contributed by atoms with Crippen LogP contribution in [0.5, 0.6) is 0 Å². The lowest BCUT2D eigenvalue weighted by Crippen LogP contribution is -2.72. The minimum Gasteiger partial charge on any atom is -0.466 e. The second-order valence-electron chi connectivity index (χ2n) is 10.9. The van der Waals surface area contributed by atoms with E-state index >= 15 is 0 Å². The molecule has 14 nitrogen and oxygen atoms in total. The van der Waals surface area contributed by atoms with Gasteiger partial charge in [0.25, 0.3) is 11.8 Å². The van der Waals surface area contributed by atoms with Crippen molar-refractivity contribution in [2.75, 3.05) is 19.5 Å². The number of anilines is 1. The molecule has 0 spiro atoms. The van der Waals surface area contributed by atoms with Crippen LogP contribution in [0.4, 0.5) is 9.93 Å². The summed E-state index contributed by atoms with van der Waals surface area (Å²) in [4.78, 5) is 74.0. The maximum Gasteiger partial charge on any atom is 0.413 e. The van der Waals surface area contributed by atoms with E-state index in [0.717, 1.165) is 16.2 Å². The van der Waals surface area contributed by atoms with E-state index < -0.39 is 53.1 Å². The number of hydrogen-bond acceptors (Lipinski definition) is 12. The van der Waals surface area contributed by atoms with Gasteiger partial charge in [0.1, 0.15) is 35.7 Å². The summed E-state index contributed by atoms with van der Waals surface area (Å²) < 4.78 is 15.4. The summed E-state index contributed by atoms with van der Waals surface area (Å²) in [5.41, 5.74) is -1.92. The van der Waals surface area contributed by atoms with Crippen LogP contribution in [0.3, 0.4) is 0 Å². The van der Waals surface area contributed by atoms with E-state index in [-0.39, 0.29) is 40.6 Å². The number of β-lactam (4-membered cyclic amide) rings is 1. The van der Waals surface area contributed by atoms with Crippen LogP contribution in [0.1, 0.15) is 60.1 Å². The molecule has 40 heavy (non-hydrogen) atoms. The van der Waals surface area contributed by atoms with Crippen LogP contribution in [0.15, 0.2) is 21.8 Å². The largest absolute Gasteiger partial charge is 0.466 e. The van der Waals surface area contributed by atoms with Gasteiger partial charge >= 0.3 is 18.0 Å². The van der Waals surface area contributed by atoms with Gasteiger partial charge in [0.15, 0.2) is 10.8 Å². The molecule has 1 saturated heterocycles. The van der Waals surface area contributed by atoms with Gasteiger partial charge in [-0.1, -0.05) is 5.16 Å². The number of rotatable bonds is 7.